The van der Waals surface area contributed by atoms with Gasteiger partial charge in [-0.1, -0.05) is 29.8 Å². The van der Waals surface area contributed by atoms with Crippen LogP contribution in [-0.4, -0.2) is 5.88 Å². The van der Waals surface area contributed by atoms with Gasteiger partial charge in [-0.25, -0.2) is 4.39 Å². The summed E-state index contributed by atoms with van der Waals surface area (Å²) in [6.07, 6.45) is 0.867. The van der Waals surface area contributed by atoms with Crippen molar-refractivity contribution >= 4 is 28.9 Å². The van der Waals surface area contributed by atoms with Gasteiger partial charge in [-0.05, 0) is 41.8 Å². The highest BCUT2D eigenvalue weighted by atomic mass is 35.5. The van der Waals surface area contributed by atoms with Gasteiger partial charge in [0.2, 0.25) is 0 Å². The highest BCUT2D eigenvalue weighted by Crippen LogP contribution is 2.19. The zero-order valence-electron chi connectivity index (χ0n) is 10.3. The van der Waals surface area contributed by atoms with Crippen LogP contribution in [0, 0.1) is 5.82 Å². The molecule has 0 aliphatic rings. The zero-order valence-corrected chi connectivity index (χ0v) is 11.8. The quantitative estimate of drug-likeness (QED) is 0.776. The monoisotopic (exact) mass is 297 g/mol. The molecule has 0 unspecified atom stereocenters. The minimum Gasteiger partial charge on any atom is -0.381 e. The average molecular weight is 298 g/mol. The van der Waals surface area contributed by atoms with Crippen LogP contribution < -0.4 is 5.32 Å². The molecule has 4 heteroatoms. The number of anilines is 1. The molecule has 0 aromatic heterocycles. The lowest BCUT2D eigenvalue weighted by Gasteiger charge is -2.09. The maximum atomic E-state index is 12.9. The van der Waals surface area contributed by atoms with Crippen molar-refractivity contribution < 1.29 is 4.39 Å². The van der Waals surface area contributed by atoms with Crippen LogP contribution in [0.15, 0.2) is 42.5 Å². The van der Waals surface area contributed by atoms with Crippen molar-refractivity contribution in [2.45, 2.75) is 13.0 Å². The fraction of sp³-hybridized carbons (Fsp3) is 0.200. The van der Waals surface area contributed by atoms with Crippen LogP contribution in [0.3, 0.4) is 0 Å². The second-order valence-corrected chi connectivity index (χ2v) is 5.01. The smallest absolute Gasteiger partial charge is 0.124 e. The number of benzene rings is 2. The molecule has 0 fully saturated rings. The molecule has 0 aliphatic carbocycles. The van der Waals surface area contributed by atoms with E-state index < -0.39 is 0 Å². The van der Waals surface area contributed by atoms with Gasteiger partial charge in [0, 0.05) is 23.1 Å². The van der Waals surface area contributed by atoms with Crippen molar-refractivity contribution in [2.24, 2.45) is 0 Å². The first-order valence-corrected chi connectivity index (χ1v) is 6.93. The predicted octanol–water partition coefficient (Wildman–Crippen LogP) is 4.87. The van der Waals surface area contributed by atoms with E-state index in [2.05, 4.69) is 5.32 Å². The summed E-state index contributed by atoms with van der Waals surface area (Å²) < 4.78 is 12.9. The van der Waals surface area contributed by atoms with Crippen molar-refractivity contribution in [1.29, 1.82) is 0 Å². The number of hydrogen-bond acceptors (Lipinski definition) is 1. The molecular formula is C15H14Cl2FN. The highest BCUT2D eigenvalue weighted by molar-refractivity contribution is 6.31. The van der Waals surface area contributed by atoms with Crippen LogP contribution in [0.1, 0.15) is 11.1 Å². The Kier molecular flexibility index (Phi) is 5.06. The Balaban J connectivity index is 1.98. The van der Waals surface area contributed by atoms with Gasteiger partial charge in [-0.2, -0.15) is 0 Å². The Morgan fingerprint density at radius 1 is 1.05 bits per heavy atom. The molecule has 0 heterocycles. The number of rotatable bonds is 5. The average Bonchev–Trinajstić information content (AvgIpc) is 2.40. The lowest BCUT2D eigenvalue weighted by Crippen LogP contribution is -2.00. The molecule has 0 spiro atoms. The van der Waals surface area contributed by atoms with Crippen molar-refractivity contribution in [2.75, 3.05) is 11.2 Å². The van der Waals surface area contributed by atoms with Crippen LogP contribution >= 0.6 is 23.2 Å². The van der Waals surface area contributed by atoms with Crippen molar-refractivity contribution in [1.82, 2.24) is 0 Å². The Labute approximate surface area is 122 Å². The normalized spacial score (nSPS) is 10.5. The second kappa shape index (κ2) is 6.78. The van der Waals surface area contributed by atoms with E-state index in [1.54, 1.807) is 6.07 Å². The molecule has 100 valence electrons. The van der Waals surface area contributed by atoms with Gasteiger partial charge < -0.3 is 5.32 Å². The number of halogens is 3. The van der Waals surface area contributed by atoms with Gasteiger partial charge >= 0.3 is 0 Å². The number of alkyl halides is 1. The molecule has 1 N–H and O–H groups in total. The minimum atomic E-state index is -0.320. The summed E-state index contributed by atoms with van der Waals surface area (Å²) in [5.74, 6) is 0.303. The highest BCUT2D eigenvalue weighted by Gasteiger charge is 2.02. The molecule has 0 bridgehead atoms. The van der Waals surface area contributed by atoms with E-state index >= 15 is 0 Å². The lowest BCUT2D eigenvalue weighted by molar-refractivity contribution is 0.627. The van der Waals surface area contributed by atoms with Crippen molar-refractivity contribution in [3.63, 3.8) is 0 Å². The van der Waals surface area contributed by atoms with Crippen LogP contribution in [-0.2, 0) is 13.0 Å². The van der Waals surface area contributed by atoms with Crippen molar-refractivity contribution in [3.05, 3.63) is 64.4 Å². The summed E-state index contributed by atoms with van der Waals surface area (Å²) in [6, 6.07) is 12.5. The van der Waals surface area contributed by atoms with Crippen LogP contribution in [0.5, 0.6) is 0 Å². The van der Waals surface area contributed by atoms with E-state index in [9.17, 15) is 4.39 Å². The van der Waals surface area contributed by atoms with E-state index in [1.165, 1.54) is 17.7 Å². The molecule has 0 radical (unpaired) electrons. The molecule has 0 atom stereocenters. The summed E-state index contributed by atoms with van der Waals surface area (Å²) in [5, 5.41) is 3.69. The molecule has 0 amide bonds. The van der Waals surface area contributed by atoms with E-state index in [1.807, 2.05) is 24.3 Å². The predicted molar refractivity (Wildman–Crippen MR) is 79.6 cm³/mol. The maximum absolute atomic E-state index is 12.9. The molecule has 19 heavy (non-hydrogen) atoms. The summed E-state index contributed by atoms with van der Waals surface area (Å²) in [7, 11) is 0. The zero-order chi connectivity index (χ0) is 13.7. The standard InChI is InChI=1S/C15H14Cl2FN/c16-8-7-11-1-5-14(6-2-11)19-10-12-3-4-13(18)9-15(12)17/h1-6,9,19H,7-8,10H2. The van der Waals surface area contributed by atoms with E-state index in [-0.39, 0.29) is 5.82 Å². The van der Waals surface area contributed by atoms with E-state index in [4.69, 9.17) is 23.2 Å². The molecular weight excluding hydrogens is 284 g/mol. The number of aryl methyl sites for hydroxylation is 1. The molecule has 2 rings (SSSR count). The summed E-state index contributed by atoms with van der Waals surface area (Å²) in [6.45, 7) is 0.563. The van der Waals surface area contributed by atoms with Crippen LogP contribution in [0.25, 0.3) is 0 Å². The Morgan fingerprint density at radius 3 is 2.42 bits per heavy atom. The first-order chi connectivity index (χ1) is 9.19. The first-order valence-electron chi connectivity index (χ1n) is 6.02. The molecule has 2 aromatic rings. The van der Waals surface area contributed by atoms with Gasteiger partial charge in [-0.15, -0.1) is 11.6 Å². The fourth-order valence-electron chi connectivity index (χ4n) is 1.76. The molecule has 0 saturated heterocycles. The third-order valence-electron chi connectivity index (χ3n) is 2.84. The Bertz CT molecular complexity index is 540. The molecule has 0 aliphatic heterocycles. The van der Waals surface area contributed by atoms with Crippen LogP contribution in [0.2, 0.25) is 5.02 Å². The van der Waals surface area contributed by atoms with Crippen LogP contribution in [0.4, 0.5) is 10.1 Å². The van der Waals surface area contributed by atoms with Gasteiger partial charge in [0.1, 0.15) is 5.82 Å². The van der Waals surface area contributed by atoms with Gasteiger partial charge in [0.05, 0.1) is 0 Å². The van der Waals surface area contributed by atoms with Gasteiger partial charge in [0.15, 0.2) is 0 Å². The Morgan fingerprint density at radius 2 is 1.79 bits per heavy atom. The van der Waals surface area contributed by atoms with Gasteiger partial charge in [-0.3, -0.25) is 0 Å². The third kappa shape index (κ3) is 4.12. The second-order valence-electron chi connectivity index (χ2n) is 4.23. The lowest BCUT2D eigenvalue weighted by atomic mass is 10.1. The SMILES string of the molecule is Fc1ccc(CNc2ccc(CCCl)cc2)c(Cl)c1. The largest absolute Gasteiger partial charge is 0.381 e. The first kappa shape index (κ1) is 14.2. The summed E-state index contributed by atoms with van der Waals surface area (Å²) >= 11 is 11.7. The van der Waals surface area contributed by atoms with Gasteiger partial charge in [0.25, 0.3) is 0 Å². The van der Waals surface area contributed by atoms with E-state index in [0.717, 1.165) is 17.7 Å². The summed E-state index contributed by atoms with van der Waals surface area (Å²) in [5.41, 5.74) is 3.08. The van der Waals surface area contributed by atoms with E-state index in [0.29, 0.717) is 17.4 Å². The van der Waals surface area contributed by atoms with Crippen molar-refractivity contribution in [3.8, 4) is 0 Å². The summed E-state index contributed by atoms with van der Waals surface area (Å²) in [4.78, 5) is 0. The fourth-order valence-corrected chi connectivity index (χ4v) is 2.21. The molecule has 1 nitrogen and oxygen atoms in total. The minimum absolute atomic E-state index is 0.320. The maximum Gasteiger partial charge on any atom is 0.124 e. The Hall–Kier alpha value is -1.25. The third-order valence-corrected chi connectivity index (χ3v) is 3.38. The number of hydrogen-bond donors (Lipinski definition) is 1. The topological polar surface area (TPSA) is 12.0 Å². The molecule has 0 saturated carbocycles. The number of nitrogens with one attached hydrogen (secondary N) is 1. The molecule has 2 aromatic carbocycles.